The number of furan rings is 1. The van der Waals surface area contributed by atoms with E-state index < -0.39 is 0 Å². The van der Waals surface area contributed by atoms with Gasteiger partial charge in [0.2, 0.25) is 5.96 Å². The minimum absolute atomic E-state index is 0.123. The molecule has 2 aromatic rings. The lowest BCUT2D eigenvalue weighted by Crippen LogP contribution is -2.40. The van der Waals surface area contributed by atoms with Crippen molar-refractivity contribution in [2.24, 2.45) is 4.99 Å². The van der Waals surface area contributed by atoms with Gasteiger partial charge in [-0.25, -0.2) is 4.99 Å². The van der Waals surface area contributed by atoms with Gasteiger partial charge in [-0.3, -0.25) is 14.9 Å². The van der Waals surface area contributed by atoms with Crippen molar-refractivity contribution in [3.63, 3.8) is 0 Å². The third-order valence-electron chi connectivity index (χ3n) is 3.10. The summed E-state index contributed by atoms with van der Waals surface area (Å²) >= 11 is 1.22. The second kappa shape index (κ2) is 6.63. The first-order chi connectivity index (χ1) is 11.2. The number of carbonyl (C=O) groups is 1. The number of carbonyl (C=O) groups excluding carboxylic acids is 1. The Hall–Kier alpha value is -2.65. The van der Waals surface area contributed by atoms with Crippen LogP contribution < -0.4 is 15.0 Å². The zero-order chi connectivity index (χ0) is 16.2. The maximum Gasteiger partial charge on any atom is 0.241 e. The SMILES string of the molecule is Cc1ccc(CN=C2NSNN2Nc2cccc(C=O)c2O)o1. The molecule has 0 aliphatic carbocycles. The molecule has 1 aromatic heterocycles. The number of aryl methyl sites for hydroxylation is 1. The molecule has 1 aliphatic heterocycles. The Morgan fingerprint density at radius 3 is 3.04 bits per heavy atom. The van der Waals surface area contributed by atoms with Crippen LogP contribution in [0.2, 0.25) is 0 Å². The van der Waals surface area contributed by atoms with Gasteiger partial charge < -0.3 is 9.52 Å². The third-order valence-corrected chi connectivity index (χ3v) is 3.66. The molecule has 1 fully saturated rings. The molecule has 8 nitrogen and oxygen atoms in total. The van der Waals surface area contributed by atoms with Crippen LogP contribution in [0.15, 0.2) is 39.7 Å². The number of para-hydroxylation sites is 1. The predicted octanol–water partition coefficient (Wildman–Crippen LogP) is 1.96. The van der Waals surface area contributed by atoms with Crippen molar-refractivity contribution >= 4 is 30.1 Å². The van der Waals surface area contributed by atoms with Crippen molar-refractivity contribution in [3.05, 3.63) is 47.4 Å². The molecule has 9 heteroatoms. The van der Waals surface area contributed by atoms with Crippen LogP contribution in [0.25, 0.3) is 0 Å². The van der Waals surface area contributed by atoms with Crippen molar-refractivity contribution in [2.75, 3.05) is 5.43 Å². The van der Waals surface area contributed by atoms with E-state index in [1.807, 2.05) is 19.1 Å². The molecule has 23 heavy (non-hydrogen) atoms. The Labute approximate surface area is 136 Å². The van der Waals surface area contributed by atoms with Crippen molar-refractivity contribution in [1.82, 2.24) is 14.7 Å². The number of hydrogen-bond acceptors (Lipinski definition) is 7. The molecule has 0 atom stereocenters. The number of hydrogen-bond donors (Lipinski definition) is 4. The van der Waals surface area contributed by atoms with Crippen LogP contribution >= 0.6 is 12.1 Å². The molecule has 0 unspecified atom stereocenters. The zero-order valence-electron chi connectivity index (χ0n) is 12.2. The molecule has 4 N–H and O–H groups in total. The van der Waals surface area contributed by atoms with Crippen LogP contribution in [0.3, 0.4) is 0 Å². The second-order valence-corrected chi connectivity index (χ2v) is 5.35. The fourth-order valence-corrected chi connectivity index (χ4v) is 2.49. The van der Waals surface area contributed by atoms with Crippen LogP contribution in [0.5, 0.6) is 5.75 Å². The Kier molecular flexibility index (Phi) is 4.40. The fourth-order valence-electron chi connectivity index (χ4n) is 1.97. The monoisotopic (exact) mass is 333 g/mol. The molecule has 0 spiro atoms. The maximum atomic E-state index is 10.9. The molecule has 2 heterocycles. The highest BCUT2D eigenvalue weighted by Gasteiger charge is 2.20. The minimum Gasteiger partial charge on any atom is -0.505 e. The topological polar surface area (TPSA) is 102 Å². The Balaban J connectivity index is 1.73. The number of nitrogens with zero attached hydrogens (tertiary/aromatic N) is 2. The third kappa shape index (κ3) is 3.41. The predicted molar refractivity (Wildman–Crippen MR) is 87.4 cm³/mol. The molecule has 0 radical (unpaired) electrons. The smallest absolute Gasteiger partial charge is 0.241 e. The maximum absolute atomic E-state index is 10.9. The first kappa shape index (κ1) is 15.3. The molecule has 120 valence electrons. The van der Waals surface area contributed by atoms with Crippen molar-refractivity contribution in [3.8, 4) is 5.75 Å². The average Bonchev–Trinajstić information content (AvgIpc) is 3.16. The first-order valence-corrected chi connectivity index (χ1v) is 7.60. The van der Waals surface area contributed by atoms with Gasteiger partial charge in [-0.1, -0.05) is 6.07 Å². The minimum atomic E-state index is -0.123. The van der Waals surface area contributed by atoms with Gasteiger partial charge in [0.05, 0.1) is 23.4 Å². The quantitative estimate of drug-likeness (QED) is 0.374. The van der Waals surface area contributed by atoms with E-state index in [2.05, 4.69) is 20.0 Å². The summed E-state index contributed by atoms with van der Waals surface area (Å²) in [6, 6.07) is 8.60. The summed E-state index contributed by atoms with van der Waals surface area (Å²) in [6.45, 7) is 2.25. The highest BCUT2D eigenvalue weighted by Crippen LogP contribution is 2.27. The number of aldehydes is 1. The summed E-state index contributed by atoms with van der Waals surface area (Å²) in [6.07, 6.45) is 0.596. The summed E-state index contributed by atoms with van der Waals surface area (Å²) in [4.78, 5) is 18.2. The molecular weight excluding hydrogens is 318 g/mol. The summed E-state index contributed by atoms with van der Waals surface area (Å²) in [5, 5.41) is 11.5. The lowest BCUT2D eigenvalue weighted by molar-refractivity contribution is 0.112. The number of nitrogens with one attached hydrogen (secondary N) is 3. The van der Waals surface area contributed by atoms with Gasteiger partial charge in [0, 0.05) is 0 Å². The normalized spacial score (nSPS) is 15.7. The fraction of sp³-hybridized carbons (Fsp3) is 0.143. The number of phenolic OH excluding ortho intramolecular Hbond substituents is 1. The van der Waals surface area contributed by atoms with E-state index in [1.165, 1.54) is 23.3 Å². The van der Waals surface area contributed by atoms with Crippen molar-refractivity contribution < 1.29 is 14.3 Å². The van der Waals surface area contributed by atoms with E-state index in [4.69, 9.17) is 4.42 Å². The van der Waals surface area contributed by atoms with Crippen LogP contribution in [0, 0.1) is 6.92 Å². The van der Waals surface area contributed by atoms with Crippen molar-refractivity contribution in [2.45, 2.75) is 13.5 Å². The number of phenols is 1. The van der Waals surface area contributed by atoms with Gasteiger partial charge in [-0.2, -0.15) is 5.12 Å². The summed E-state index contributed by atoms with van der Waals surface area (Å²) in [5.74, 6) is 1.97. The summed E-state index contributed by atoms with van der Waals surface area (Å²) in [5.41, 5.74) is 3.53. The largest absolute Gasteiger partial charge is 0.505 e. The van der Waals surface area contributed by atoms with E-state index >= 15 is 0 Å². The second-order valence-electron chi connectivity index (χ2n) is 4.76. The highest BCUT2D eigenvalue weighted by atomic mass is 32.2. The number of anilines is 1. The molecule has 0 amide bonds. The molecule has 0 saturated carbocycles. The first-order valence-electron chi connectivity index (χ1n) is 6.78. The van der Waals surface area contributed by atoms with E-state index in [0.717, 1.165) is 11.5 Å². The summed E-state index contributed by atoms with van der Waals surface area (Å²) in [7, 11) is 0. The van der Waals surface area contributed by atoms with Gasteiger partial charge in [-0.15, -0.1) is 4.83 Å². The number of guanidine groups is 1. The molecule has 0 bridgehead atoms. The average molecular weight is 333 g/mol. The summed E-state index contributed by atoms with van der Waals surface area (Å²) < 4.78 is 8.44. The van der Waals surface area contributed by atoms with E-state index in [-0.39, 0.29) is 11.3 Å². The van der Waals surface area contributed by atoms with Gasteiger partial charge in [0.25, 0.3) is 0 Å². The van der Waals surface area contributed by atoms with Gasteiger partial charge in [0.1, 0.15) is 18.1 Å². The lowest BCUT2D eigenvalue weighted by atomic mass is 10.2. The molecule has 1 saturated heterocycles. The lowest BCUT2D eigenvalue weighted by Gasteiger charge is -2.19. The Morgan fingerprint density at radius 2 is 2.30 bits per heavy atom. The van der Waals surface area contributed by atoms with Gasteiger partial charge in [-0.05, 0) is 31.2 Å². The van der Waals surface area contributed by atoms with E-state index in [0.29, 0.717) is 24.5 Å². The van der Waals surface area contributed by atoms with E-state index in [9.17, 15) is 9.90 Å². The molecule has 1 aromatic carbocycles. The molecular formula is C14H15N5O3S. The van der Waals surface area contributed by atoms with Crippen LogP contribution in [0.1, 0.15) is 21.9 Å². The Morgan fingerprint density at radius 1 is 1.43 bits per heavy atom. The number of aliphatic imine (C=N–C) groups is 1. The number of benzene rings is 1. The van der Waals surface area contributed by atoms with Crippen LogP contribution in [0.4, 0.5) is 5.69 Å². The van der Waals surface area contributed by atoms with Crippen LogP contribution in [-0.4, -0.2) is 22.5 Å². The molecule has 3 rings (SSSR count). The zero-order valence-corrected chi connectivity index (χ0v) is 13.1. The number of hydrazine groups is 2. The highest BCUT2D eigenvalue weighted by molar-refractivity contribution is 7.96. The molecule has 1 aliphatic rings. The number of aromatic hydroxyl groups is 1. The van der Waals surface area contributed by atoms with Crippen molar-refractivity contribution in [1.29, 1.82) is 0 Å². The Bertz CT molecular complexity index is 746. The number of rotatable bonds is 5. The van der Waals surface area contributed by atoms with Gasteiger partial charge >= 0.3 is 0 Å². The van der Waals surface area contributed by atoms with E-state index in [1.54, 1.807) is 12.1 Å². The van der Waals surface area contributed by atoms with Gasteiger partial charge in [0.15, 0.2) is 12.0 Å². The van der Waals surface area contributed by atoms with Crippen LogP contribution in [-0.2, 0) is 6.54 Å². The standard InChI is InChI=1S/C14H15N5O3S/c1-9-5-6-11(22-9)7-15-14-17-23-18-19(14)16-12-4-2-3-10(8-20)13(12)21/h2-6,8,16,18,21H,7H2,1H3,(H,15,17).